The Morgan fingerprint density at radius 2 is 0.586 bits per heavy atom. The van der Waals surface area contributed by atoms with Crippen LogP contribution in [0.15, 0.2) is 146 Å². The SMILES string of the molecule is CC.CC.CC.CC.CC.CC.CC.CC.CC.CC.CC.CC.CC.CC.CP1(=O)c2cccc3c2C2(NCO3)c3c1ccc1c3C3c4c-1ccc1c4C4(NCOc5cccc(c54)P1(C)=O)[n+]1ncc[n+]2c13.CP1c2cccc3c2C2(NCO3)c3c1ccc1c3C3c4c-1ccc1c4C4(NCOc5cccc(c54)P1C)[n+]1ncc[n+]2c13. The van der Waals surface area contributed by atoms with Crippen LogP contribution in [0.2, 0.25) is 0 Å². The Hall–Kier alpha value is -7.86. The number of benzene rings is 8. The third-order valence-electron chi connectivity index (χ3n) is 22.6. The lowest BCUT2D eigenvalue weighted by Crippen LogP contribution is -2.84. The molecule has 2 aliphatic carbocycles. The van der Waals surface area contributed by atoms with E-state index in [1.165, 1.54) is 71.6 Å². The highest BCUT2D eigenvalue weighted by atomic mass is 31.2. The second-order valence-electron chi connectivity index (χ2n) is 25.7. The molecule has 24 rings (SSSR count). The number of rotatable bonds is 0. The summed E-state index contributed by atoms with van der Waals surface area (Å²) in [4.78, 5) is 0. The van der Waals surface area contributed by atoms with Crippen molar-refractivity contribution in [3.05, 3.63) is 225 Å². The molecule has 4 N–H and O–H groups in total. The maximum atomic E-state index is 15.0. The van der Waals surface area contributed by atoms with Gasteiger partial charge in [0.05, 0.1) is 38.9 Å². The maximum absolute atomic E-state index is 15.0. The van der Waals surface area contributed by atoms with E-state index in [2.05, 4.69) is 150 Å². The molecule has 12 aliphatic heterocycles. The van der Waals surface area contributed by atoms with E-state index in [1.54, 1.807) is 0 Å². The van der Waals surface area contributed by atoms with E-state index in [4.69, 9.17) is 29.1 Å². The number of nitrogens with zero attached hydrogens (tertiary/aromatic N) is 6. The summed E-state index contributed by atoms with van der Waals surface area (Å²) in [5.74, 6) is 5.51. The van der Waals surface area contributed by atoms with Crippen molar-refractivity contribution in [3.8, 4) is 45.3 Å². The van der Waals surface area contributed by atoms with Gasteiger partial charge in [0.2, 0.25) is 12.4 Å². The van der Waals surface area contributed by atoms with Gasteiger partial charge in [0.15, 0.2) is 24.2 Å². The molecule has 116 heavy (non-hydrogen) atoms. The number of nitrogens with one attached hydrogen (secondary N) is 4. The molecular formula is C96H134N10O6P4+4. The number of hydrogen-bond donors (Lipinski definition) is 4. The van der Waals surface area contributed by atoms with Gasteiger partial charge in [-0.2, -0.15) is 0 Å². The zero-order chi connectivity index (χ0) is 85.8. The molecule has 10 aromatic rings. The van der Waals surface area contributed by atoms with E-state index in [9.17, 15) is 0 Å². The second-order valence-corrected chi connectivity index (χ2v) is 35.5. The molecule has 0 fully saturated rings. The first-order valence-corrected chi connectivity index (χ1v) is 52.0. The van der Waals surface area contributed by atoms with Crippen molar-refractivity contribution in [2.24, 2.45) is 0 Å². The minimum atomic E-state index is -3.02. The summed E-state index contributed by atoms with van der Waals surface area (Å²) in [5.41, 5.74) is 16.3. The Labute approximate surface area is 698 Å². The molecule has 620 valence electrons. The number of fused-ring (bicyclic) bond motifs is 2. The predicted molar refractivity (Wildman–Crippen MR) is 489 cm³/mol. The van der Waals surface area contributed by atoms with Gasteiger partial charge in [0.1, 0.15) is 69.8 Å². The van der Waals surface area contributed by atoms with Gasteiger partial charge in [-0.15, -0.1) is 9.13 Å². The van der Waals surface area contributed by atoms with Gasteiger partial charge < -0.3 is 28.1 Å². The molecule has 10 unspecified atom stereocenters. The highest BCUT2D eigenvalue weighted by Crippen LogP contribution is 2.67. The fourth-order valence-electron chi connectivity index (χ4n) is 19.7. The minimum absolute atomic E-state index is 0.100. The van der Waals surface area contributed by atoms with Crippen LogP contribution in [0.4, 0.5) is 0 Å². The highest BCUT2D eigenvalue weighted by Gasteiger charge is 2.76. The van der Waals surface area contributed by atoms with Gasteiger partial charge in [0, 0.05) is 40.8 Å². The molecule has 2 aromatic heterocycles. The van der Waals surface area contributed by atoms with E-state index in [1.807, 2.05) is 256 Å². The van der Waals surface area contributed by atoms with Crippen molar-refractivity contribution in [3.63, 3.8) is 0 Å². The van der Waals surface area contributed by atoms with Crippen molar-refractivity contribution < 1.29 is 46.6 Å². The van der Waals surface area contributed by atoms with Crippen LogP contribution >= 0.6 is 30.1 Å². The Balaban J connectivity index is 0.000000205. The summed E-state index contributed by atoms with van der Waals surface area (Å²) >= 11 is 0. The van der Waals surface area contributed by atoms with E-state index in [-0.39, 0.29) is 18.6 Å². The van der Waals surface area contributed by atoms with Crippen LogP contribution in [0.5, 0.6) is 23.0 Å². The van der Waals surface area contributed by atoms with Gasteiger partial charge in [-0.25, -0.2) is 21.3 Å². The molecule has 0 saturated heterocycles. The van der Waals surface area contributed by atoms with Crippen molar-refractivity contribution in [1.29, 1.82) is 0 Å². The monoisotopic (exact) mass is 1650 g/mol. The lowest BCUT2D eigenvalue weighted by Gasteiger charge is -2.47. The standard InChI is InChI=1S/C34H25N5O4P2.C34H25N5O2P2.14C2H6/c1-44(40)21-7-3-5-19-28(21)33(35-15-42-19)30-23(44)11-9-17-18-10-12-24-31-26(18)27(25(17)30)32-38(33)14-13-37-39(32)34(31)29-20(43-16-36-34)6-4-8-22(29)45(24,2)41;1-42-21-7-3-5-19-28(21)33(35-15-40-19)30-23(42)11-9-17-18-10-12-24-31-26(18)27(25(17)30)32-38(33)14-13-37-39(32)34(31)29-20(41-16-36-34)6-4-8-22(29)43(24)2;14*1-2/h3-14,27,35-36H,15-16H2,1-2H3;3-14,27,35-36H,15-16H2,1-2H3;14*1-2H3/q2*+2;;;;;;;;;;;;;;. The fourth-order valence-corrected chi connectivity index (χ4v) is 28.7. The molecule has 0 radical (unpaired) electrons. The number of aromatic nitrogens is 6. The number of hydrogen-bond acceptors (Lipinski definition) is 12. The lowest BCUT2D eigenvalue weighted by molar-refractivity contribution is -0.914. The summed E-state index contributed by atoms with van der Waals surface area (Å²) in [6.45, 7) is 66.0. The smallest absolute Gasteiger partial charge is 0.459 e. The third-order valence-corrected chi connectivity index (χ3v) is 32.2. The first kappa shape index (κ1) is 92.0. The third kappa shape index (κ3) is 11.7. The molecule has 4 spiro atoms. The van der Waals surface area contributed by atoms with Gasteiger partial charge >= 0.3 is 23.0 Å². The molecule has 8 aromatic carbocycles. The van der Waals surface area contributed by atoms with E-state index in [0.717, 1.165) is 94.5 Å². The molecule has 0 amide bonds. The highest BCUT2D eigenvalue weighted by molar-refractivity contribution is 7.78. The van der Waals surface area contributed by atoms with Gasteiger partial charge in [-0.1, -0.05) is 279 Å². The summed E-state index contributed by atoms with van der Waals surface area (Å²) in [6, 6.07) is 43.3. The fraction of sp³-hybridized carbons (Fsp3) is 0.438. The zero-order valence-corrected chi connectivity index (χ0v) is 79.3. The first-order valence-electron chi connectivity index (χ1n) is 44.1. The Kier molecular flexibility index (Phi) is 29.5. The van der Waals surface area contributed by atoms with Crippen LogP contribution in [0.1, 0.15) is 284 Å². The molecule has 16 nitrogen and oxygen atoms in total. The van der Waals surface area contributed by atoms with Crippen LogP contribution < -0.4 is 101 Å². The molecule has 10 atom stereocenters. The normalized spacial score (nSPS) is 23.8. The molecule has 20 heteroatoms. The predicted octanol–water partition coefficient (Wildman–Crippen LogP) is 17.3. The average Bonchev–Trinajstić information content (AvgIpc) is 1.38. The van der Waals surface area contributed by atoms with E-state index in [0.29, 0.717) is 20.2 Å². The second kappa shape index (κ2) is 37.2. The van der Waals surface area contributed by atoms with Crippen molar-refractivity contribution in [2.45, 2.75) is 228 Å². The van der Waals surface area contributed by atoms with E-state index < -0.39 is 52.8 Å². The topological polar surface area (TPSA) is 160 Å². The molecular weight excluding hydrogens is 1510 g/mol. The van der Waals surface area contributed by atoms with Crippen LogP contribution in [0.25, 0.3) is 22.3 Å². The van der Waals surface area contributed by atoms with Gasteiger partial charge in [0.25, 0.3) is 11.3 Å². The van der Waals surface area contributed by atoms with Crippen LogP contribution in [-0.4, -0.2) is 63.8 Å². The summed E-state index contributed by atoms with van der Waals surface area (Å²) in [7, 11) is -7.16. The quantitative estimate of drug-likeness (QED) is 0.0842. The minimum Gasteiger partial charge on any atom is -0.477 e. The van der Waals surface area contributed by atoms with Crippen LogP contribution in [0.3, 0.4) is 0 Å². The lowest BCUT2D eigenvalue weighted by atomic mass is 9.73. The Morgan fingerprint density at radius 1 is 0.328 bits per heavy atom. The van der Waals surface area contributed by atoms with Gasteiger partial charge in [-0.05, 0) is 145 Å². The van der Waals surface area contributed by atoms with Crippen molar-refractivity contribution in [1.82, 2.24) is 31.5 Å². The largest absolute Gasteiger partial charge is 0.477 e. The summed E-state index contributed by atoms with van der Waals surface area (Å²) in [5, 5.41) is 34.9. The number of ether oxygens (including phenoxy) is 4. The van der Waals surface area contributed by atoms with E-state index >= 15 is 9.13 Å². The van der Waals surface area contributed by atoms with Gasteiger partial charge in [-0.3, -0.25) is 0 Å². The maximum Gasteiger partial charge on any atom is 0.459 e. The first-order chi connectivity index (χ1) is 57.0. The molecule has 14 aliphatic rings. The van der Waals surface area contributed by atoms with Crippen molar-refractivity contribution >= 4 is 72.6 Å². The Bertz CT molecular complexity index is 5070. The average molecular weight is 1650 g/mol. The van der Waals surface area contributed by atoms with Crippen LogP contribution in [-0.2, 0) is 31.8 Å². The molecule has 0 bridgehead atoms. The molecule has 0 saturated carbocycles. The molecule has 14 heterocycles. The van der Waals surface area contributed by atoms with Crippen molar-refractivity contribution in [2.75, 3.05) is 53.6 Å². The Morgan fingerprint density at radius 3 is 0.957 bits per heavy atom. The van der Waals surface area contributed by atoms with Crippen LogP contribution in [0, 0.1) is 0 Å². The summed E-state index contributed by atoms with van der Waals surface area (Å²) in [6.07, 6.45) is 8.11. The summed E-state index contributed by atoms with van der Waals surface area (Å²) < 4.78 is 64.5. The zero-order valence-electron chi connectivity index (χ0n) is 75.8.